The summed E-state index contributed by atoms with van der Waals surface area (Å²) in [5, 5.41) is 0. The molecule has 0 bridgehead atoms. The van der Waals surface area contributed by atoms with Crippen molar-refractivity contribution in [1.82, 2.24) is 0 Å². The molecule has 0 fully saturated rings. The van der Waals surface area contributed by atoms with Gasteiger partial charge in [0.05, 0.1) is 5.56 Å². The molecule has 1 aliphatic carbocycles. The van der Waals surface area contributed by atoms with Gasteiger partial charge in [-0.25, -0.2) is 4.39 Å². The second kappa shape index (κ2) is 5.45. The van der Waals surface area contributed by atoms with Crippen LogP contribution in [-0.4, -0.2) is 6.29 Å². The number of fused-ring (bicyclic) bond motifs is 1. The molecule has 0 aliphatic heterocycles. The maximum atomic E-state index is 13.1. The summed E-state index contributed by atoms with van der Waals surface area (Å²) in [6.07, 6.45) is 5.23. The molecule has 0 aromatic heterocycles. The van der Waals surface area contributed by atoms with Crippen LogP contribution in [0, 0.1) is 5.82 Å². The van der Waals surface area contributed by atoms with Gasteiger partial charge in [-0.15, -0.1) is 0 Å². The van der Waals surface area contributed by atoms with Gasteiger partial charge < -0.3 is 4.74 Å². The molecule has 0 saturated carbocycles. The van der Waals surface area contributed by atoms with E-state index >= 15 is 0 Å². The molecule has 2 aromatic rings. The van der Waals surface area contributed by atoms with Gasteiger partial charge in [0, 0.05) is 0 Å². The molecule has 0 atom stereocenters. The molecule has 3 heteroatoms. The predicted octanol–water partition coefficient (Wildman–Crippen LogP) is 4.31. The zero-order chi connectivity index (χ0) is 13.9. The molecule has 20 heavy (non-hydrogen) atoms. The number of ether oxygens (including phenoxy) is 1. The van der Waals surface area contributed by atoms with E-state index in [2.05, 4.69) is 6.07 Å². The minimum absolute atomic E-state index is 0.225. The summed E-state index contributed by atoms with van der Waals surface area (Å²) in [6, 6.07) is 9.96. The third-order valence-electron chi connectivity index (χ3n) is 3.65. The van der Waals surface area contributed by atoms with Crippen molar-refractivity contribution < 1.29 is 13.9 Å². The van der Waals surface area contributed by atoms with E-state index in [1.807, 2.05) is 12.1 Å². The number of benzene rings is 2. The normalized spacial score (nSPS) is 13.7. The van der Waals surface area contributed by atoms with E-state index < -0.39 is 5.82 Å². The van der Waals surface area contributed by atoms with Gasteiger partial charge in [-0.1, -0.05) is 6.07 Å². The van der Waals surface area contributed by atoms with E-state index in [4.69, 9.17) is 4.74 Å². The molecule has 0 unspecified atom stereocenters. The van der Waals surface area contributed by atoms with Crippen molar-refractivity contribution in [3.05, 3.63) is 58.9 Å². The Morgan fingerprint density at radius 2 is 1.80 bits per heavy atom. The molecule has 0 spiro atoms. The number of aryl methyl sites for hydroxylation is 2. The highest BCUT2D eigenvalue weighted by Gasteiger charge is 2.11. The summed E-state index contributed by atoms with van der Waals surface area (Å²) in [4.78, 5) is 11.0. The van der Waals surface area contributed by atoms with Crippen molar-refractivity contribution in [2.75, 3.05) is 0 Å². The van der Waals surface area contributed by atoms with Gasteiger partial charge in [-0.05, 0) is 67.1 Å². The van der Waals surface area contributed by atoms with E-state index in [1.165, 1.54) is 42.2 Å². The number of hydrogen-bond acceptors (Lipinski definition) is 2. The van der Waals surface area contributed by atoms with Crippen molar-refractivity contribution >= 4 is 6.29 Å². The lowest BCUT2D eigenvalue weighted by Crippen LogP contribution is -2.02. The highest BCUT2D eigenvalue weighted by atomic mass is 19.1. The molecular weight excluding hydrogens is 255 g/mol. The Morgan fingerprint density at radius 1 is 1.00 bits per heavy atom. The molecule has 0 N–H and O–H groups in total. The Labute approximate surface area is 117 Å². The minimum Gasteiger partial charge on any atom is -0.457 e. The topological polar surface area (TPSA) is 26.3 Å². The number of rotatable bonds is 3. The Bertz CT molecular complexity index is 649. The molecule has 102 valence electrons. The molecule has 2 nitrogen and oxygen atoms in total. The van der Waals surface area contributed by atoms with Crippen molar-refractivity contribution in [3.8, 4) is 11.5 Å². The fraction of sp³-hybridized carbons (Fsp3) is 0.235. The minimum atomic E-state index is -0.440. The van der Waals surface area contributed by atoms with E-state index in [-0.39, 0.29) is 5.56 Å². The summed E-state index contributed by atoms with van der Waals surface area (Å²) in [5.74, 6) is 0.641. The van der Waals surface area contributed by atoms with Crippen LogP contribution < -0.4 is 4.74 Å². The summed E-state index contributed by atoms with van der Waals surface area (Å²) in [6.45, 7) is 0. The Hall–Kier alpha value is -2.16. The van der Waals surface area contributed by atoms with Gasteiger partial charge in [0.15, 0.2) is 6.29 Å². The second-order valence-electron chi connectivity index (χ2n) is 5.04. The van der Waals surface area contributed by atoms with Gasteiger partial charge in [0.25, 0.3) is 0 Å². The molecule has 0 amide bonds. The Balaban J connectivity index is 1.89. The molecule has 1 aliphatic rings. The van der Waals surface area contributed by atoms with Crippen LogP contribution in [0.4, 0.5) is 4.39 Å². The number of hydrogen-bond donors (Lipinski definition) is 0. The lowest BCUT2D eigenvalue weighted by molar-refractivity contribution is 0.112. The van der Waals surface area contributed by atoms with Crippen molar-refractivity contribution in [3.63, 3.8) is 0 Å². The highest BCUT2D eigenvalue weighted by Crippen LogP contribution is 2.29. The van der Waals surface area contributed by atoms with Gasteiger partial charge in [0.1, 0.15) is 17.3 Å². The number of halogens is 1. The first-order chi connectivity index (χ1) is 9.76. The van der Waals surface area contributed by atoms with E-state index in [9.17, 15) is 9.18 Å². The smallest absolute Gasteiger partial charge is 0.153 e. The average molecular weight is 270 g/mol. The summed E-state index contributed by atoms with van der Waals surface area (Å²) < 4.78 is 18.8. The first kappa shape index (κ1) is 12.9. The first-order valence-electron chi connectivity index (χ1n) is 6.80. The molecule has 2 aromatic carbocycles. The Morgan fingerprint density at radius 3 is 2.60 bits per heavy atom. The monoisotopic (exact) mass is 270 g/mol. The molecule has 0 heterocycles. The fourth-order valence-corrected chi connectivity index (χ4v) is 2.60. The predicted molar refractivity (Wildman–Crippen MR) is 74.9 cm³/mol. The van der Waals surface area contributed by atoms with Crippen LogP contribution in [0.3, 0.4) is 0 Å². The van der Waals surface area contributed by atoms with Gasteiger partial charge in [0.2, 0.25) is 0 Å². The van der Waals surface area contributed by atoms with Crippen LogP contribution in [0.5, 0.6) is 11.5 Å². The third-order valence-corrected chi connectivity index (χ3v) is 3.65. The van der Waals surface area contributed by atoms with Crippen LogP contribution in [-0.2, 0) is 12.8 Å². The average Bonchev–Trinajstić information content (AvgIpc) is 2.49. The van der Waals surface area contributed by atoms with Gasteiger partial charge >= 0.3 is 0 Å². The van der Waals surface area contributed by atoms with Crippen LogP contribution in [0.1, 0.15) is 34.3 Å². The van der Waals surface area contributed by atoms with Crippen molar-refractivity contribution in [1.29, 1.82) is 0 Å². The Kier molecular flexibility index (Phi) is 3.50. The standard InChI is InChI=1S/C17H15FO2/c18-15-6-8-17(14(9-15)11-19)20-16-7-5-12-3-1-2-4-13(12)10-16/h5-11H,1-4H2. The molecule has 3 rings (SSSR count). The first-order valence-corrected chi connectivity index (χ1v) is 6.80. The lowest BCUT2D eigenvalue weighted by atomic mass is 9.92. The number of aldehydes is 1. The van der Waals surface area contributed by atoms with Gasteiger partial charge in [-0.2, -0.15) is 0 Å². The van der Waals surface area contributed by atoms with Crippen LogP contribution in [0.2, 0.25) is 0 Å². The number of carbonyl (C=O) groups is 1. The molecular formula is C17H15FO2. The zero-order valence-electron chi connectivity index (χ0n) is 11.1. The van der Waals surface area contributed by atoms with Crippen LogP contribution >= 0.6 is 0 Å². The van der Waals surface area contributed by atoms with Crippen molar-refractivity contribution in [2.45, 2.75) is 25.7 Å². The lowest BCUT2D eigenvalue weighted by Gasteiger charge is -2.17. The summed E-state index contributed by atoms with van der Waals surface area (Å²) >= 11 is 0. The third kappa shape index (κ3) is 2.57. The molecule has 0 saturated heterocycles. The quantitative estimate of drug-likeness (QED) is 0.777. The highest BCUT2D eigenvalue weighted by molar-refractivity contribution is 5.79. The van der Waals surface area contributed by atoms with Crippen LogP contribution in [0.15, 0.2) is 36.4 Å². The van der Waals surface area contributed by atoms with Gasteiger partial charge in [-0.3, -0.25) is 4.79 Å². The number of carbonyl (C=O) groups excluding carboxylic acids is 1. The fourth-order valence-electron chi connectivity index (χ4n) is 2.60. The van der Waals surface area contributed by atoms with E-state index in [0.717, 1.165) is 12.8 Å². The summed E-state index contributed by atoms with van der Waals surface area (Å²) in [5.41, 5.74) is 2.91. The zero-order valence-corrected chi connectivity index (χ0v) is 11.1. The summed E-state index contributed by atoms with van der Waals surface area (Å²) in [7, 11) is 0. The van der Waals surface area contributed by atoms with E-state index in [0.29, 0.717) is 17.8 Å². The molecule has 0 radical (unpaired) electrons. The maximum Gasteiger partial charge on any atom is 0.153 e. The van der Waals surface area contributed by atoms with Crippen LogP contribution in [0.25, 0.3) is 0 Å². The SMILES string of the molecule is O=Cc1cc(F)ccc1Oc1ccc2c(c1)CCCC2. The maximum absolute atomic E-state index is 13.1. The second-order valence-corrected chi connectivity index (χ2v) is 5.04. The largest absolute Gasteiger partial charge is 0.457 e. The van der Waals surface area contributed by atoms with Crippen molar-refractivity contribution in [2.24, 2.45) is 0 Å². The van der Waals surface area contributed by atoms with E-state index in [1.54, 1.807) is 0 Å².